The number of aliphatic carboxylic acids is 1. The number of carboxylic acid groups (broad SMARTS) is 1. The second kappa shape index (κ2) is 9.72. The van der Waals surface area contributed by atoms with Gasteiger partial charge in [-0.2, -0.15) is 0 Å². The van der Waals surface area contributed by atoms with E-state index in [1.54, 1.807) is 24.8 Å². The van der Waals surface area contributed by atoms with Crippen molar-refractivity contribution in [2.45, 2.75) is 44.5 Å². The summed E-state index contributed by atoms with van der Waals surface area (Å²) in [4.78, 5) is 25.2. The number of benzene rings is 1. The number of rotatable bonds is 8. The van der Waals surface area contributed by atoms with Gasteiger partial charge in [-0.15, -0.1) is 24.9 Å². The van der Waals surface area contributed by atoms with Crippen LogP contribution < -0.4 is 10.1 Å². The zero-order chi connectivity index (χ0) is 23.5. The molecule has 1 aliphatic heterocycles. The molecule has 0 aromatic heterocycles. The standard InChI is InChI=1S/C22H22F3NO5S/c1-3-17(21(28)29)26-20(27)15-8-9-18-16(10-12(2)32-18)19(15)30-11-13-4-6-14(7-5-13)31-22(23,24)25/h4-10,16-18H,3,11H2,1-2H3,(H,26,27)(H,28,29). The summed E-state index contributed by atoms with van der Waals surface area (Å²) in [6, 6.07) is 4.23. The summed E-state index contributed by atoms with van der Waals surface area (Å²) in [5.74, 6) is -1.83. The van der Waals surface area contributed by atoms with Gasteiger partial charge in [0.05, 0.1) is 11.5 Å². The lowest BCUT2D eigenvalue weighted by atomic mass is 9.92. The summed E-state index contributed by atoms with van der Waals surface area (Å²) in [5, 5.41) is 11.8. The fourth-order valence-corrected chi connectivity index (χ4v) is 4.56. The molecule has 6 nitrogen and oxygen atoms in total. The van der Waals surface area contributed by atoms with Gasteiger partial charge in [-0.05, 0) is 42.0 Å². The van der Waals surface area contributed by atoms with Gasteiger partial charge >= 0.3 is 12.3 Å². The van der Waals surface area contributed by atoms with Crippen LogP contribution in [0.3, 0.4) is 0 Å². The summed E-state index contributed by atoms with van der Waals surface area (Å²) in [6.45, 7) is 3.62. The highest BCUT2D eigenvalue weighted by atomic mass is 32.2. The third-order valence-corrected chi connectivity index (χ3v) is 6.15. The van der Waals surface area contributed by atoms with Crippen molar-refractivity contribution in [3.63, 3.8) is 0 Å². The number of ether oxygens (including phenoxy) is 2. The maximum Gasteiger partial charge on any atom is 0.573 e. The molecule has 0 spiro atoms. The summed E-state index contributed by atoms with van der Waals surface area (Å²) in [6.07, 6.45) is 0.943. The predicted molar refractivity (Wildman–Crippen MR) is 113 cm³/mol. The zero-order valence-electron chi connectivity index (χ0n) is 17.3. The van der Waals surface area contributed by atoms with E-state index in [1.165, 1.54) is 24.3 Å². The largest absolute Gasteiger partial charge is 0.573 e. The molecule has 1 amide bonds. The van der Waals surface area contributed by atoms with Crippen LogP contribution in [0.4, 0.5) is 13.2 Å². The Balaban J connectivity index is 1.80. The van der Waals surface area contributed by atoms with Gasteiger partial charge in [0.25, 0.3) is 5.91 Å². The van der Waals surface area contributed by atoms with Crippen LogP contribution in [0.2, 0.25) is 0 Å². The highest BCUT2D eigenvalue weighted by molar-refractivity contribution is 8.04. The summed E-state index contributed by atoms with van der Waals surface area (Å²) >= 11 is 1.63. The van der Waals surface area contributed by atoms with Crippen LogP contribution in [0.15, 0.2) is 58.7 Å². The van der Waals surface area contributed by atoms with Crippen molar-refractivity contribution in [1.29, 1.82) is 0 Å². The maximum atomic E-state index is 12.8. The number of carboxylic acids is 1. The zero-order valence-corrected chi connectivity index (χ0v) is 18.1. The molecule has 0 radical (unpaired) electrons. The highest BCUT2D eigenvalue weighted by Gasteiger charge is 2.36. The Labute approximate surface area is 187 Å². The number of amides is 1. The van der Waals surface area contributed by atoms with Crippen LogP contribution in [0.5, 0.6) is 5.75 Å². The van der Waals surface area contributed by atoms with E-state index < -0.39 is 24.3 Å². The third-order valence-electron chi connectivity index (χ3n) is 4.92. The van der Waals surface area contributed by atoms with Gasteiger partial charge in [-0.3, -0.25) is 4.79 Å². The van der Waals surface area contributed by atoms with Gasteiger partial charge in [0, 0.05) is 5.25 Å². The second-order valence-corrected chi connectivity index (χ2v) is 8.70. The molecule has 0 fully saturated rings. The fourth-order valence-electron chi connectivity index (χ4n) is 3.40. The van der Waals surface area contributed by atoms with E-state index in [4.69, 9.17) is 4.74 Å². The van der Waals surface area contributed by atoms with Crippen molar-refractivity contribution >= 4 is 23.6 Å². The quantitative estimate of drug-likeness (QED) is 0.582. The van der Waals surface area contributed by atoms with Crippen molar-refractivity contribution < 1.29 is 37.3 Å². The van der Waals surface area contributed by atoms with Gasteiger partial charge in [0.1, 0.15) is 24.2 Å². The van der Waals surface area contributed by atoms with E-state index in [9.17, 15) is 27.9 Å². The molecular formula is C22H22F3NO5S. The van der Waals surface area contributed by atoms with Gasteiger partial charge in [-0.25, -0.2) is 4.79 Å². The monoisotopic (exact) mass is 469 g/mol. The number of hydrogen-bond donors (Lipinski definition) is 2. The van der Waals surface area contributed by atoms with E-state index in [0.717, 1.165) is 4.91 Å². The van der Waals surface area contributed by atoms with Crippen LogP contribution in [-0.4, -0.2) is 34.6 Å². The molecule has 0 bridgehead atoms. The molecule has 0 saturated carbocycles. The molecule has 2 N–H and O–H groups in total. The Morgan fingerprint density at radius 2 is 1.94 bits per heavy atom. The topological polar surface area (TPSA) is 84.9 Å². The van der Waals surface area contributed by atoms with Crippen molar-refractivity contribution in [2.24, 2.45) is 5.92 Å². The second-order valence-electron chi connectivity index (χ2n) is 7.28. The fraction of sp³-hybridized carbons (Fsp3) is 0.364. The first kappa shape index (κ1) is 23.8. The van der Waals surface area contributed by atoms with E-state index in [1.807, 2.05) is 19.1 Å². The number of carbonyl (C=O) groups excluding carboxylic acids is 1. The van der Waals surface area contributed by atoms with E-state index in [0.29, 0.717) is 11.3 Å². The van der Waals surface area contributed by atoms with Crippen molar-refractivity contribution in [3.05, 3.63) is 64.3 Å². The van der Waals surface area contributed by atoms with Crippen molar-refractivity contribution in [2.75, 3.05) is 0 Å². The Morgan fingerprint density at radius 3 is 2.53 bits per heavy atom. The number of thioether (sulfide) groups is 1. The lowest BCUT2D eigenvalue weighted by Gasteiger charge is -2.26. The summed E-state index contributed by atoms with van der Waals surface area (Å²) in [7, 11) is 0. The van der Waals surface area contributed by atoms with E-state index >= 15 is 0 Å². The number of hydrogen-bond acceptors (Lipinski definition) is 5. The van der Waals surface area contributed by atoms with Crippen molar-refractivity contribution in [3.8, 4) is 5.75 Å². The van der Waals surface area contributed by atoms with Crippen LogP contribution in [-0.2, 0) is 20.9 Å². The molecule has 3 atom stereocenters. The molecule has 3 unspecified atom stereocenters. The molecule has 32 heavy (non-hydrogen) atoms. The van der Waals surface area contributed by atoms with E-state index in [-0.39, 0.29) is 35.5 Å². The molecule has 3 rings (SSSR count). The van der Waals surface area contributed by atoms with Gasteiger partial charge in [0.2, 0.25) is 0 Å². The van der Waals surface area contributed by atoms with Gasteiger partial charge in [0.15, 0.2) is 0 Å². The molecule has 1 aromatic carbocycles. The Bertz CT molecular complexity index is 969. The van der Waals surface area contributed by atoms with Crippen LogP contribution in [0, 0.1) is 5.92 Å². The van der Waals surface area contributed by atoms with Gasteiger partial charge < -0.3 is 19.9 Å². The molecule has 1 heterocycles. The average Bonchev–Trinajstić information content (AvgIpc) is 3.10. The van der Waals surface area contributed by atoms with Crippen LogP contribution in [0.1, 0.15) is 25.8 Å². The molecule has 0 saturated heterocycles. The Hall–Kier alpha value is -2.88. The number of allylic oxidation sites excluding steroid dienone is 2. The molecule has 172 valence electrons. The van der Waals surface area contributed by atoms with Crippen LogP contribution >= 0.6 is 11.8 Å². The normalized spacial score (nSPS) is 21.0. The first-order chi connectivity index (χ1) is 15.1. The number of carbonyl (C=O) groups is 2. The third kappa shape index (κ3) is 5.87. The summed E-state index contributed by atoms with van der Waals surface area (Å²) in [5.41, 5.74) is 0.815. The lowest BCUT2D eigenvalue weighted by Crippen LogP contribution is -2.41. The lowest BCUT2D eigenvalue weighted by molar-refractivity contribution is -0.274. The smallest absolute Gasteiger partial charge is 0.492 e. The molecule has 1 aromatic rings. The number of nitrogens with one attached hydrogen (secondary N) is 1. The maximum absolute atomic E-state index is 12.8. The summed E-state index contributed by atoms with van der Waals surface area (Å²) < 4.78 is 46.8. The minimum Gasteiger partial charge on any atom is -0.492 e. The number of fused-ring (bicyclic) bond motifs is 1. The molecule has 2 aliphatic rings. The van der Waals surface area contributed by atoms with Crippen molar-refractivity contribution in [1.82, 2.24) is 5.32 Å². The SMILES string of the molecule is CCC(NC(=O)C1=C(OCc2ccc(OC(F)(F)F)cc2)C2C=C(C)SC2C=C1)C(=O)O. The predicted octanol–water partition coefficient (Wildman–Crippen LogP) is 4.54. The first-order valence-electron chi connectivity index (χ1n) is 9.86. The average molecular weight is 469 g/mol. The molecular weight excluding hydrogens is 447 g/mol. The molecule has 10 heteroatoms. The minimum atomic E-state index is -4.77. The minimum absolute atomic E-state index is 0.0170. The number of halogens is 3. The Morgan fingerprint density at radius 1 is 1.25 bits per heavy atom. The molecule has 1 aliphatic carbocycles. The Kier molecular flexibility index (Phi) is 7.22. The van der Waals surface area contributed by atoms with Crippen LogP contribution in [0.25, 0.3) is 0 Å². The number of alkyl halides is 3. The first-order valence-corrected chi connectivity index (χ1v) is 10.7. The van der Waals surface area contributed by atoms with E-state index in [2.05, 4.69) is 10.1 Å². The highest BCUT2D eigenvalue weighted by Crippen LogP contribution is 2.44. The van der Waals surface area contributed by atoms with Gasteiger partial charge in [-0.1, -0.05) is 31.2 Å².